The Bertz CT molecular complexity index is 433. The van der Waals surface area contributed by atoms with E-state index in [1.165, 1.54) is 25.3 Å². The van der Waals surface area contributed by atoms with Crippen molar-refractivity contribution in [3.05, 3.63) is 24.0 Å². The molecule has 0 radical (unpaired) electrons. The van der Waals surface area contributed by atoms with Crippen LogP contribution in [0.1, 0.15) is 19.8 Å². The number of halogens is 1. The lowest BCUT2D eigenvalue weighted by molar-refractivity contribution is -0.118. The zero-order chi connectivity index (χ0) is 12.9. The van der Waals surface area contributed by atoms with Gasteiger partial charge in [-0.05, 0) is 43.2 Å². The normalized spacial score (nSPS) is 28.4. The Morgan fingerprint density at radius 1 is 1.61 bits per heavy atom. The van der Waals surface area contributed by atoms with E-state index < -0.39 is 11.3 Å². The van der Waals surface area contributed by atoms with Crippen LogP contribution in [0.5, 0.6) is 0 Å². The summed E-state index contributed by atoms with van der Waals surface area (Å²) in [6, 6.07) is 0.171. The van der Waals surface area contributed by atoms with Gasteiger partial charge in [-0.15, -0.1) is 0 Å². The third-order valence-corrected chi connectivity index (χ3v) is 4.96. The van der Waals surface area contributed by atoms with Gasteiger partial charge in [0.15, 0.2) is 5.78 Å². The highest BCUT2D eigenvalue weighted by Crippen LogP contribution is 2.43. The Labute approximate surface area is 111 Å². The molecule has 2 unspecified atom stereocenters. The van der Waals surface area contributed by atoms with Crippen LogP contribution in [0.2, 0.25) is 0 Å². The molecule has 0 N–H and O–H groups in total. The molecule has 0 aromatic carbocycles. The highest BCUT2D eigenvalue weighted by atomic mass is 32.2. The van der Waals surface area contributed by atoms with Crippen LogP contribution < -0.4 is 0 Å². The summed E-state index contributed by atoms with van der Waals surface area (Å²) in [4.78, 5) is 13.2. The smallest absolute Gasteiger partial charge is 0.222 e. The van der Waals surface area contributed by atoms with E-state index in [0.717, 1.165) is 36.8 Å². The summed E-state index contributed by atoms with van der Waals surface area (Å²) >= 11 is 0.965. The molecule has 0 amide bonds. The molecule has 0 aromatic rings. The Morgan fingerprint density at radius 2 is 2.33 bits per heavy atom. The van der Waals surface area contributed by atoms with E-state index in [4.69, 9.17) is 0 Å². The summed E-state index contributed by atoms with van der Waals surface area (Å²) in [6.45, 7) is 7.10. The second-order valence-electron chi connectivity index (χ2n) is 5.24. The number of carbonyl (C=O) groups is 1. The number of alkyl halides is 1. The number of fused-ring (bicyclic) bond motifs is 2. The Hall–Kier alpha value is -0.970. The highest BCUT2D eigenvalue weighted by Gasteiger charge is 2.40. The van der Waals surface area contributed by atoms with E-state index in [9.17, 15) is 9.18 Å². The summed E-state index contributed by atoms with van der Waals surface area (Å²) in [6.07, 6.45) is 4.82. The quantitative estimate of drug-likeness (QED) is 0.577. The number of hydrogen-bond acceptors (Lipinski definition) is 4. The Morgan fingerprint density at radius 3 is 2.94 bits per heavy atom. The third-order valence-electron chi connectivity index (χ3n) is 3.74. The zero-order valence-electron chi connectivity index (χ0n) is 10.4. The van der Waals surface area contributed by atoms with Crippen LogP contribution in [0.3, 0.4) is 0 Å². The Kier molecular flexibility index (Phi) is 2.88. The number of hydrogen-bond donors (Lipinski definition) is 0. The minimum atomic E-state index is -1.49. The standard InChI is InChI=1S/C13H17FN2OS/c1-8(17)13(14)18-16-9(2)15-6-11(10-3-4-10)5-12(16)7-15/h5,10,12-13H,2-4,6-7H2,1H3. The number of ketones is 1. The topological polar surface area (TPSA) is 23.6 Å². The first-order valence-electron chi connectivity index (χ1n) is 6.31. The first-order valence-corrected chi connectivity index (χ1v) is 7.15. The van der Waals surface area contributed by atoms with Gasteiger partial charge in [-0.2, -0.15) is 0 Å². The van der Waals surface area contributed by atoms with Crippen molar-refractivity contribution >= 4 is 17.7 Å². The van der Waals surface area contributed by atoms with Crippen LogP contribution >= 0.6 is 11.9 Å². The molecule has 2 atom stereocenters. The van der Waals surface area contributed by atoms with Crippen LogP contribution in [-0.4, -0.2) is 39.6 Å². The van der Waals surface area contributed by atoms with Crippen molar-refractivity contribution in [3.8, 4) is 0 Å². The van der Waals surface area contributed by atoms with Gasteiger partial charge in [0.05, 0.1) is 6.04 Å². The fourth-order valence-corrected chi connectivity index (χ4v) is 3.43. The SMILES string of the molecule is C=C1N2CC(C3CC3)=CC(C2)N1SC(F)C(C)=O. The van der Waals surface area contributed by atoms with Crippen molar-refractivity contribution in [1.82, 2.24) is 9.21 Å². The predicted molar refractivity (Wildman–Crippen MR) is 70.3 cm³/mol. The van der Waals surface area contributed by atoms with Gasteiger partial charge in [0.25, 0.3) is 0 Å². The fraction of sp³-hybridized carbons (Fsp3) is 0.615. The lowest BCUT2D eigenvalue weighted by Crippen LogP contribution is -2.29. The minimum absolute atomic E-state index is 0.171. The van der Waals surface area contributed by atoms with Gasteiger partial charge in [0.1, 0.15) is 5.82 Å². The van der Waals surface area contributed by atoms with Crippen molar-refractivity contribution in [2.24, 2.45) is 5.92 Å². The molecule has 3 nitrogen and oxygen atoms in total. The first kappa shape index (κ1) is 12.1. The maximum atomic E-state index is 13.6. The number of carbonyl (C=O) groups excluding carboxylic acids is 1. The molecule has 18 heavy (non-hydrogen) atoms. The Balaban J connectivity index is 1.75. The third kappa shape index (κ3) is 2.05. The largest absolute Gasteiger partial charge is 0.352 e. The van der Waals surface area contributed by atoms with Gasteiger partial charge < -0.3 is 4.90 Å². The maximum absolute atomic E-state index is 13.6. The van der Waals surface area contributed by atoms with Crippen molar-refractivity contribution < 1.29 is 9.18 Å². The molecular weight excluding hydrogens is 251 g/mol. The van der Waals surface area contributed by atoms with Crippen LogP contribution in [0.4, 0.5) is 4.39 Å². The van der Waals surface area contributed by atoms with Crippen LogP contribution in [0.15, 0.2) is 24.0 Å². The summed E-state index contributed by atoms with van der Waals surface area (Å²) in [5, 5.41) is 0. The minimum Gasteiger partial charge on any atom is -0.352 e. The van der Waals surface area contributed by atoms with Crippen molar-refractivity contribution in [3.63, 3.8) is 0 Å². The molecule has 2 heterocycles. The molecule has 2 fully saturated rings. The van der Waals surface area contributed by atoms with Crippen LogP contribution in [0, 0.1) is 5.92 Å². The molecule has 5 heteroatoms. The second-order valence-corrected chi connectivity index (χ2v) is 6.26. The van der Waals surface area contributed by atoms with Gasteiger partial charge in [-0.25, -0.2) is 4.39 Å². The monoisotopic (exact) mass is 268 g/mol. The molecule has 2 bridgehead atoms. The van der Waals surface area contributed by atoms with Gasteiger partial charge in [-0.3, -0.25) is 9.10 Å². The maximum Gasteiger partial charge on any atom is 0.222 e. The van der Waals surface area contributed by atoms with Gasteiger partial charge >= 0.3 is 0 Å². The fourth-order valence-electron chi connectivity index (χ4n) is 2.56. The molecular formula is C13H17FN2OS. The molecule has 1 saturated heterocycles. The number of rotatable bonds is 4. The van der Waals surface area contributed by atoms with E-state index in [1.807, 2.05) is 4.31 Å². The average molecular weight is 268 g/mol. The lowest BCUT2D eigenvalue weighted by Gasteiger charge is -2.22. The molecule has 3 aliphatic rings. The van der Waals surface area contributed by atoms with Gasteiger partial charge in [0.2, 0.25) is 5.50 Å². The lowest BCUT2D eigenvalue weighted by atomic mass is 10.0. The van der Waals surface area contributed by atoms with Crippen molar-refractivity contribution in [2.45, 2.75) is 31.3 Å². The molecule has 0 spiro atoms. The highest BCUT2D eigenvalue weighted by molar-refractivity contribution is 7.98. The molecule has 1 aliphatic carbocycles. The van der Waals surface area contributed by atoms with E-state index in [0.29, 0.717) is 0 Å². The summed E-state index contributed by atoms with van der Waals surface area (Å²) in [5.74, 6) is 1.14. The van der Waals surface area contributed by atoms with E-state index in [2.05, 4.69) is 17.6 Å². The summed E-state index contributed by atoms with van der Waals surface area (Å²) in [7, 11) is 0. The van der Waals surface area contributed by atoms with Crippen molar-refractivity contribution in [1.29, 1.82) is 0 Å². The van der Waals surface area contributed by atoms with Crippen molar-refractivity contribution in [2.75, 3.05) is 13.1 Å². The van der Waals surface area contributed by atoms with Crippen LogP contribution in [0.25, 0.3) is 0 Å². The number of nitrogens with zero attached hydrogens (tertiary/aromatic N) is 2. The summed E-state index contributed by atoms with van der Waals surface area (Å²) < 4.78 is 15.4. The van der Waals surface area contributed by atoms with Crippen LogP contribution in [-0.2, 0) is 4.79 Å². The molecule has 2 aliphatic heterocycles. The molecule has 3 rings (SSSR count). The van der Waals surface area contributed by atoms with E-state index in [1.54, 1.807) is 0 Å². The summed E-state index contributed by atoms with van der Waals surface area (Å²) in [5.41, 5.74) is -0.0196. The molecule has 1 saturated carbocycles. The number of Topliss-reactive ketones (excluding diaryl/α,β-unsaturated/α-hetero) is 1. The van der Waals surface area contributed by atoms with E-state index >= 15 is 0 Å². The molecule has 98 valence electrons. The zero-order valence-corrected chi connectivity index (χ0v) is 11.3. The first-order chi connectivity index (χ1) is 8.56. The van der Waals surface area contributed by atoms with E-state index in [-0.39, 0.29) is 6.04 Å². The second kappa shape index (κ2) is 4.30. The van der Waals surface area contributed by atoms with Gasteiger partial charge in [0, 0.05) is 13.1 Å². The molecule has 0 aromatic heterocycles. The average Bonchev–Trinajstić information content (AvgIpc) is 3.15. The van der Waals surface area contributed by atoms with Gasteiger partial charge in [-0.1, -0.05) is 12.7 Å². The predicted octanol–water partition coefficient (Wildman–Crippen LogP) is 2.33.